The van der Waals surface area contributed by atoms with Gasteiger partial charge in [0.15, 0.2) is 0 Å². The summed E-state index contributed by atoms with van der Waals surface area (Å²) in [5.74, 6) is -0.358. The van der Waals surface area contributed by atoms with Crippen LogP contribution in [0.4, 0.5) is 0 Å². The predicted octanol–water partition coefficient (Wildman–Crippen LogP) is 2.83. The average molecular weight is 342 g/mol. The number of benzene rings is 1. The van der Waals surface area contributed by atoms with E-state index < -0.39 is 0 Å². The molecule has 0 aromatic heterocycles. The number of rotatable bonds is 3. The molecule has 0 heterocycles. The SMILES string of the molecule is C[C@]1(CNC(=O)c2cc(Br)ccc2O)CCCC[C@H]1O. The first-order valence-corrected chi connectivity index (χ1v) is 7.66. The third-order valence-corrected chi connectivity index (χ3v) is 4.63. The van der Waals surface area contributed by atoms with Gasteiger partial charge in [-0.05, 0) is 31.0 Å². The Balaban J connectivity index is 2.03. The fraction of sp³-hybridized carbons (Fsp3) is 0.533. The molecule has 110 valence electrons. The highest BCUT2D eigenvalue weighted by atomic mass is 79.9. The van der Waals surface area contributed by atoms with E-state index in [2.05, 4.69) is 21.2 Å². The minimum absolute atomic E-state index is 0.0416. The molecule has 3 N–H and O–H groups in total. The maximum atomic E-state index is 12.1. The van der Waals surface area contributed by atoms with Crippen LogP contribution >= 0.6 is 15.9 Å². The van der Waals surface area contributed by atoms with Gasteiger partial charge in [-0.25, -0.2) is 0 Å². The average Bonchev–Trinajstić information content (AvgIpc) is 2.42. The second-order valence-electron chi connectivity index (χ2n) is 5.76. The van der Waals surface area contributed by atoms with Gasteiger partial charge in [-0.3, -0.25) is 4.79 Å². The lowest BCUT2D eigenvalue weighted by Crippen LogP contribution is -2.45. The number of aliphatic hydroxyl groups excluding tert-OH is 1. The first-order valence-electron chi connectivity index (χ1n) is 6.87. The molecule has 1 aliphatic rings. The lowest BCUT2D eigenvalue weighted by molar-refractivity contribution is 0.00189. The van der Waals surface area contributed by atoms with Crippen LogP contribution in [0.15, 0.2) is 22.7 Å². The molecule has 1 aromatic carbocycles. The van der Waals surface area contributed by atoms with Crippen molar-refractivity contribution >= 4 is 21.8 Å². The van der Waals surface area contributed by atoms with Gasteiger partial charge in [0.2, 0.25) is 0 Å². The number of aromatic hydroxyl groups is 1. The van der Waals surface area contributed by atoms with Crippen LogP contribution in [0.5, 0.6) is 5.75 Å². The third kappa shape index (κ3) is 3.33. The van der Waals surface area contributed by atoms with Gasteiger partial charge in [-0.2, -0.15) is 0 Å². The summed E-state index contributed by atoms with van der Waals surface area (Å²) in [5.41, 5.74) is -0.0384. The number of halogens is 1. The predicted molar refractivity (Wildman–Crippen MR) is 80.7 cm³/mol. The van der Waals surface area contributed by atoms with E-state index in [0.717, 1.165) is 30.2 Å². The van der Waals surface area contributed by atoms with Crippen molar-refractivity contribution in [1.82, 2.24) is 5.32 Å². The van der Waals surface area contributed by atoms with E-state index in [1.54, 1.807) is 12.1 Å². The molecular weight excluding hydrogens is 322 g/mol. The van der Waals surface area contributed by atoms with Crippen molar-refractivity contribution < 1.29 is 15.0 Å². The van der Waals surface area contributed by atoms with Crippen molar-refractivity contribution in [2.24, 2.45) is 5.41 Å². The second-order valence-corrected chi connectivity index (χ2v) is 6.68. The molecule has 0 unspecified atom stereocenters. The number of phenols is 1. The van der Waals surface area contributed by atoms with Crippen LogP contribution in [0.25, 0.3) is 0 Å². The van der Waals surface area contributed by atoms with Gasteiger partial charge in [0.25, 0.3) is 5.91 Å². The smallest absolute Gasteiger partial charge is 0.255 e. The Labute approximate surface area is 127 Å². The minimum Gasteiger partial charge on any atom is -0.507 e. The molecule has 4 nitrogen and oxygen atoms in total. The summed E-state index contributed by atoms with van der Waals surface area (Å²) in [6, 6.07) is 4.75. The molecule has 5 heteroatoms. The zero-order chi connectivity index (χ0) is 14.8. The highest BCUT2D eigenvalue weighted by Crippen LogP contribution is 2.35. The largest absolute Gasteiger partial charge is 0.507 e. The molecule has 1 fully saturated rings. The number of phenolic OH excluding ortho intramolecular Hbond substituents is 1. The van der Waals surface area contributed by atoms with E-state index in [4.69, 9.17) is 0 Å². The van der Waals surface area contributed by atoms with E-state index in [1.807, 2.05) is 6.92 Å². The van der Waals surface area contributed by atoms with Crippen LogP contribution in [0.1, 0.15) is 43.0 Å². The van der Waals surface area contributed by atoms with E-state index in [0.29, 0.717) is 6.54 Å². The second kappa shape index (κ2) is 6.14. The van der Waals surface area contributed by atoms with Crippen molar-refractivity contribution in [3.05, 3.63) is 28.2 Å². The van der Waals surface area contributed by atoms with Crippen LogP contribution in [0.2, 0.25) is 0 Å². The minimum atomic E-state index is -0.382. The summed E-state index contributed by atoms with van der Waals surface area (Å²) in [7, 11) is 0. The van der Waals surface area contributed by atoms with Gasteiger partial charge in [-0.15, -0.1) is 0 Å². The van der Waals surface area contributed by atoms with E-state index in [1.165, 1.54) is 6.07 Å². The van der Waals surface area contributed by atoms with Crippen LogP contribution < -0.4 is 5.32 Å². The van der Waals surface area contributed by atoms with Gasteiger partial charge in [0.05, 0.1) is 11.7 Å². The number of carbonyl (C=O) groups excluding carboxylic acids is 1. The molecule has 1 saturated carbocycles. The van der Waals surface area contributed by atoms with Crippen molar-refractivity contribution in [1.29, 1.82) is 0 Å². The maximum absolute atomic E-state index is 12.1. The number of amides is 1. The number of hydrogen-bond donors (Lipinski definition) is 3. The first kappa shape index (κ1) is 15.3. The van der Waals surface area contributed by atoms with Gasteiger partial charge in [0.1, 0.15) is 5.75 Å². The monoisotopic (exact) mass is 341 g/mol. The molecule has 20 heavy (non-hydrogen) atoms. The number of nitrogens with one attached hydrogen (secondary N) is 1. The van der Waals surface area contributed by atoms with E-state index in [9.17, 15) is 15.0 Å². The van der Waals surface area contributed by atoms with Crippen molar-refractivity contribution in [3.8, 4) is 5.75 Å². The van der Waals surface area contributed by atoms with Gasteiger partial charge >= 0.3 is 0 Å². The normalized spacial score (nSPS) is 26.2. The molecule has 1 amide bonds. The molecular formula is C15H20BrNO3. The summed E-state index contributed by atoms with van der Waals surface area (Å²) in [6.07, 6.45) is 3.42. The fourth-order valence-corrected chi connectivity index (χ4v) is 3.02. The van der Waals surface area contributed by atoms with Gasteiger partial charge in [0, 0.05) is 16.4 Å². The third-order valence-electron chi connectivity index (χ3n) is 4.14. The van der Waals surface area contributed by atoms with Crippen LogP contribution in [-0.2, 0) is 0 Å². The lowest BCUT2D eigenvalue weighted by atomic mass is 9.73. The summed E-state index contributed by atoms with van der Waals surface area (Å²) in [4.78, 5) is 12.1. The van der Waals surface area contributed by atoms with Gasteiger partial charge in [-0.1, -0.05) is 35.7 Å². The Kier molecular flexibility index (Phi) is 4.70. The van der Waals surface area contributed by atoms with Crippen molar-refractivity contribution in [2.75, 3.05) is 6.54 Å². The van der Waals surface area contributed by atoms with Crippen molar-refractivity contribution in [3.63, 3.8) is 0 Å². The highest BCUT2D eigenvalue weighted by Gasteiger charge is 2.35. The quantitative estimate of drug-likeness (QED) is 0.791. The van der Waals surface area contributed by atoms with Crippen LogP contribution in [0, 0.1) is 5.41 Å². The Morgan fingerprint density at radius 1 is 1.50 bits per heavy atom. The van der Waals surface area contributed by atoms with Gasteiger partial charge < -0.3 is 15.5 Å². The highest BCUT2D eigenvalue weighted by molar-refractivity contribution is 9.10. The Hall–Kier alpha value is -1.07. The molecule has 0 aliphatic heterocycles. The zero-order valence-corrected chi connectivity index (χ0v) is 13.1. The molecule has 2 rings (SSSR count). The molecule has 2 atom stereocenters. The first-order chi connectivity index (χ1) is 9.42. The summed E-state index contributed by atoms with van der Waals surface area (Å²) >= 11 is 3.28. The molecule has 0 radical (unpaired) electrons. The number of hydrogen-bond acceptors (Lipinski definition) is 3. The maximum Gasteiger partial charge on any atom is 0.255 e. The molecule has 0 bridgehead atoms. The fourth-order valence-electron chi connectivity index (χ4n) is 2.66. The molecule has 0 spiro atoms. The van der Waals surface area contributed by atoms with Crippen LogP contribution in [0.3, 0.4) is 0 Å². The molecule has 0 saturated heterocycles. The molecule has 1 aromatic rings. The summed E-state index contributed by atoms with van der Waals surface area (Å²) in [6.45, 7) is 2.41. The standard InChI is InChI=1S/C15H20BrNO3/c1-15(7-3-2-4-13(15)19)9-17-14(20)11-8-10(16)5-6-12(11)18/h5-6,8,13,18-19H,2-4,7,9H2,1H3,(H,17,20)/t13-,15-/m1/s1. The van der Waals surface area contributed by atoms with Crippen LogP contribution in [-0.4, -0.2) is 28.8 Å². The van der Waals surface area contributed by atoms with E-state index in [-0.39, 0.29) is 28.7 Å². The Morgan fingerprint density at radius 3 is 2.95 bits per heavy atom. The summed E-state index contributed by atoms with van der Waals surface area (Å²) < 4.78 is 0.740. The zero-order valence-electron chi connectivity index (χ0n) is 11.5. The molecule has 1 aliphatic carbocycles. The topological polar surface area (TPSA) is 69.6 Å². The Bertz CT molecular complexity index is 506. The lowest BCUT2D eigenvalue weighted by Gasteiger charge is -2.38. The number of aliphatic hydroxyl groups is 1. The van der Waals surface area contributed by atoms with Crippen molar-refractivity contribution in [2.45, 2.75) is 38.7 Å². The Morgan fingerprint density at radius 2 is 2.25 bits per heavy atom. The van der Waals surface area contributed by atoms with E-state index >= 15 is 0 Å². The number of carbonyl (C=O) groups is 1. The summed E-state index contributed by atoms with van der Waals surface area (Å²) in [5, 5.41) is 22.7.